The van der Waals surface area contributed by atoms with Crippen LogP contribution in [0.5, 0.6) is 5.75 Å². The molecule has 0 fully saturated rings. The van der Waals surface area contributed by atoms with Crippen LogP contribution in [-0.2, 0) is 17.8 Å². The standard InChI is InChI=1S/C22H16BrClFN3O4/c23-18-9-15(10-19(24)22(18)32-13-14-5-7-17(25)8-6-14)12-26-27-21(29)11-16-3-1-2-4-20(16)28(30)31/h1-10,12H,11,13H2,(H,27,29)/b26-12+. The Morgan fingerprint density at radius 2 is 1.94 bits per heavy atom. The van der Waals surface area contributed by atoms with E-state index in [0.717, 1.165) is 5.56 Å². The van der Waals surface area contributed by atoms with Crippen molar-refractivity contribution < 1.29 is 18.8 Å². The summed E-state index contributed by atoms with van der Waals surface area (Å²) in [4.78, 5) is 22.6. The summed E-state index contributed by atoms with van der Waals surface area (Å²) in [6.07, 6.45) is 1.20. The summed E-state index contributed by atoms with van der Waals surface area (Å²) < 4.78 is 19.3. The second-order valence-corrected chi connectivity index (χ2v) is 7.85. The summed E-state index contributed by atoms with van der Waals surface area (Å²) in [5, 5.41) is 15.2. The van der Waals surface area contributed by atoms with Crippen LogP contribution in [0.4, 0.5) is 10.1 Å². The maximum absolute atomic E-state index is 13.0. The number of carbonyl (C=O) groups is 1. The first-order chi connectivity index (χ1) is 15.3. The number of nitro benzene ring substituents is 1. The summed E-state index contributed by atoms with van der Waals surface area (Å²) in [5.74, 6) is -0.417. The number of nitrogens with zero attached hydrogens (tertiary/aromatic N) is 2. The van der Waals surface area contributed by atoms with Crippen molar-refractivity contribution in [1.29, 1.82) is 0 Å². The van der Waals surface area contributed by atoms with Crippen LogP contribution >= 0.6 is 27.5 Å². The Bertz CT molecular complexity index is 1150. The molecule has 0 bridgehead atoms. The molecule has 3 aromatic rings. The molecule has 7 nitrogen and oxygen atoms in total. The third kappa shape index (κ3) is 6.35. The highest BCUT2D eigenvalue weighted by Crippen LogP contribution is 2.34. The number of benzene rings is 3. The number of nitrogens with one attached hydrogen (secondary N) is 1. The highest BCUT2D eigenvalue weighted by Gasteiger charge is 2.15. The third-order valence-corrected chi connectivity index (χ3v) is 5.13. The molecule has 3 aromatic carbocycles. The summed E-state index contributed by atoms with van der Waals surface area (Å²) >= 11 is 9.68. The van der Waals surface area contributed by atoms with Crippen LogP contribution < -0.4 is 10.2 Å². The summed E-state index contributed by atoms with van der Waals surface area (Å²) in [5.41, 5.74) is 3.87. The molecule has 32 heavy (non-hydrogen) atoms. The number of nitro groups is 1. The van der Waals surface area contributed by atoms with Crippen molar-refractivity contribution in [3.05, 3.63) is 103 Å². The Labute approximate surface area is 196 Å². The van der Waals surface area contributed by atoms with Crippen molar-refractivity contribution in [3.8, 4) is 5.75 Å². The molecule has 0 aromatic heterocycles. The molecule has 164 valence electrons. The molecule has 1 amide bonds. The minimum atomic E-state index is -0.537. The average Bonchev–Trinajstić information content (AvgIpc) is 2.74. The van der Waals surface area contributed by atoms with Crippen LogP contribution in [-0.4, -0.2) is 17.0 Å². The predicted octanol–water partition coefficient (Wildman–Crippen LogP) is 5.42. The lowest BCUT2D eigenvalue weighted by molar-refractivity contribution is -0.385. The lowest BCUT2D eigenvalue weighted by Gasteiger charge is -2.11. The van der Waals surface area contributed by atoms with E-state index in [0.29, 0.717) is 26.4 Å². The van der Waals surface area contributed by atoms with Gasteiger partial charge in [0.1, 0.15) is 12.4 Å². The zero-order valence-corrected chi connectivity index (χ0v) is 18.8. The number of hydrogen-bond acceptors (Lipinski definition) is 5. The Kier molecular flexibility index (Phi) is 7.91. The van der Waals surface area contributed by atoms with Gasteiger partial charge in [-0.2, -0.15) is 5.10 Å². The minimum Gasteiger partial charge on any atom is -0.486 e. The highest BCUT2D eigenvalue weighted by molar-refractivity contribution is 9.10. The fourth-order valence-electron chi connectivity index (χ4n) is 2.76. The number of carbonyl (C=O) groups excluding carboxylic acids is 1. The third-order valence-electron chi connectivity index (χ3n) is 4.26. The van der Waals surface area contributed by atoms with Crippen LogP contribution in [0, 0.1) is 15.9 Å². The number of amides is 1. The van der Waals surface area contributed by atoms with Crippen LogP contribution in [0.3, 0.4) is 0 Å². The molecule has 0 unspecified atom stereocenters. The van der Waals surface area contributed by atoms with E-state index in [4.69, 9.17) is 16.3 Å². The number of rotatable bonds is 8. The molecule has 0 atom stereocenters. The van der Waals surface area contributed by atoms with Gasteiger partial charge in [0.25, 0.3) is 5.69 Å². The predicted molar refractivity (Wildman–Crippen MR) is 122 cm³/mol. The molecule has 0 aliphatic carbocycles. The van der Waals surface area contributed by atoms with Gasteiger partial charge in [-0.25, -0.2) is 9.82 Å². The van der Waals surface area contributed by atoms with Crippen molar-refractivity contribution >= 4 is 45.3 Å². The lowest BCUT2D eigenvalue weighted by Crippen LogP contribution is -2.20. The maximum Gasteiger partial charge on any atom is 0.273 e. The van der Waals surface area contributed by atoms with Gasteiger partial charge in [-0.1, -0.05) is 41.9 Å². The molecule has 0 saturated carbocycles. The monoisotopic (exact) mass is 519 g/mol. The first-order valence-corrected chi connectivity index (χ1v) is 10.4. The SMILES string of the molecule is O=C(Cc1ccccc1[N+](=O)[O-])N/N=C/c1cc(Cl)c(OCc2ccc(F)cc2)c(Br)c1. The maximum atomic E-state index is 13.0. The fraction of sp³-hybridized carbons (Fsp3) is 0.0909. The zero-order chi connectivity index (χ0) is 23.1. The van der Waals surface area contributed by atoms with Gasteiger partial charge in [0.15, 0.2) is 5.75 Å². The van der Waals surface area contributed by atoms with E-state index in [2.05, 4.69) is 26.5 Å². The number of ether oxygens (including phenoxy) is 1. The van der Waals surface area contributed by atoms with E-state index in [9.17, 15) is 19.3 Å². The zero-order valence-electron chi connectivity index (χ0n) is 16.4. The summed E-state index contributed by atoms with van der Waals surface area (Å²) in [7, 11) is 0. The van der Waals surface area contributed by atoms with Gasteiger partial charge in [-0.15, -0.1) is 0 Å². The molecule has 0 heterocycles. The number of hydrazone groups is 1. The second kappa shape index (κ2) is 10.8. The first kappa shape index (κ1) is 23.4. The molecule has 1 N–H and O–H groups in total. The molecule has 3 rings (SSSR count). The topological polar surface area (TPSA) is 93.8 Å². The molecular weight excluding hydrogens is 505 g/mol. The molecule has 0 aliphatic heterocycles. The van der Waals surface area contributed by atoms with Crippen molar-refractivity contribution in [3.63, 3.8) is 0 Å². The van der Waals surface area contributed by atoms with Gasteiger partial charge in [0.2, 0.25) is 5.91 Å². The van der Waals surface area contributed by atoms with E-state index in [1.807, 2.05) is 0 Å². The normalized spacial score (nSPS) is 10.8. The first-order valence-electron chi connectivity index (χ1n) is 9.24. The van der Waals surface area contributed by atoms with Gasteiger partial charge in [0.05, 0.1) is 27.1 Å². The van der Waals surface area contributed by atoms with Crippen LogP contribution in [0.25, 0.3) is 0 Å². The van der Waals surface area contributed by atoms with Gasteiger partial charge < -0.3 is 4.74 Å². The Hall–Kier alpha value is -3.30. The number of halogens is 3. The minimum absolute atomic E-state index is 0.126. The summed E-state index contributed by atoms with van der Waals surface area (Å²) in [6, 6.07) is 15.2. The van der Waals surface area contributed by atoms with Gasteiger partial charge in [-0.05, 0) is 51.3 Å². The highest BCUT2D eigenvalue weighted by atomic mass is 79.9. The molecule has 0 saturated heterocycles. The van der Waals surface area contributed by atoms with E-state index < -0.39 is 10.8 Å². The van der Waals surface area contributed by atoms with E-state index >= 15 is 0 Å². The van der Waals surface area contributed by atoms with Crippen molar-refractivity contribution in [2.24, 2.45) is 5.10 Å². The Morgan fingerprint density at radius 1 is 1.22 bits per heavy atom. The van der Waals surface area contributed by atoms with Crippen molar-refractivity contribution in [2.75, 3.05) is 0 Å². The number of para-hydroxylation sites is 1. The average molecular weight is 521 g/mol. The van der Waals surface area contributed by atoms with Gasteiger partial charge in [0, 0.05) is 11.6 Å². The Morgan fingerprint density at radius 3 is 2.62 bits per heavy atom. The van der Waals surface area contributed by atoms with Crippen LogP contribution in [0.1, 0.15) is 16.7 Å². The summed E-state index contributed by atoms with van der Waals surface area (Å²) in [6.45, 7) is 0.202. The molecule has 10 heteroatoms. The molecule has 0 aliphatic rings. The second-order valence-electron chi connectivity index (χ2n) is 6.58. The van der Waals surface area contributed by atoms with Gasteiger partial charge >= 0.3 is 0 Å². The smallest absolute Gasteiger partial charge is 0.273 e. The fourth-order valence-corrected chi connectivity index (χ4v) is 3.75. The molecular formula is C22H16BrClFN3O4. The van der Waals surface area contributed by atoms with E-state index in [-0.39, 0.29) is 24.5 Å². The Balaban J connectivity index is 1.60. The van der Waals surface area contributed by atoms with Crippen LogP contribution in [0.15, 0.2) is 70.2 Å². The molecule has 0 spiro atoms. The van der Waals surface area contributed by atoms with Crippen molar-refractivity contribution in [2.45, 2.75) is 13.0 Å². The van der Waals surface area contributed by atoms with E-state index in [1.54, 1.807) is 30.3 Å². The van der Waals surface area contributed by atoms with Gasteiger partial charge in [-0.3, -0.25) is 14.9 Å². The van der Waals surface area contributed by atoms with Crippen LogP contribution in [0.2, 0.25) is 5.02 Å². The largest absolute Gasteiger partial charge is 0.486 e. The van der Waals surface area contributed by atoms with E-state index in [1.165, 1.54) is 36.5 Å². The quantitative estimate of drug-likeness (QED) is 0.244. The molecule has 0 radical (unpaired) electrons. The van der Waals surface area contributed by atoms with Crippen molar-refractivity contribution in [1.82, 2.24) is 5.43 Å². The lowest BCUT2D eigenvalue weighted by atomic mass is 10.1. The number of hydrogen-bond donors (Lipinski definition) is 1.